The quantitative estimate of drug-likeness (QED) is 0.811. The fraction of sp³-hybridized carbons (Fsp3) is 0.818. The van der Waals surface area contributed by atoms with E-state index in [1.54, 1.807) is 11.5 Å². The molecule has 0 aliphatic heterocycles. The van der Waals surface area contributed by atoms with Crippen LogP contribution < -0.4 is 5.32 Å². The Morgan fingerprint density at radius 2 is 2.13 bits per heavy atom. The Bertz CT molecular complexity index is 283. The largest absolute Gasteiger partial charge is 0.317 e. The molecule has 1 rings (SSSR count). The zero-order chi connectivity index (χ0) is 11.3. The summed E-state index contributed by atoms with van der Waals surface area (Å²) in [5, 5.41) is 4.49. The number of hydrogen-bond donors (Lipinski definition) is 1. The van der Waals surface area contributed by atoms with E-state index in [0.717, 1.165) is 17.3 Å². The maximum atomic E-state index is 4.55. The average molecular weight is 227 g/mol. The third kappa shape index (κ3) is 3.87. The SMILES string of the molecule is CCCC(Cc1nc(C(C)C)ns1)NC. The van der Waals surface area contributed by atoms with Crippen molar-refractivity contribution in [2.45, 2.75) is 52.0 Å². The van der Waals surface area contributed by atoms with Crippen LogP contribution in [0.5, 0.6) is 0 Å². The molecule has 0 aromatic carbocycles. The van der Waals surface area contributed by atoms with Gasteiger partial charge in [-0.25, -0.2) is 4.98 Å². The maximum Gasteiger partial charge on any atom is 0.145 e. The van der Waals surface area contributed by atoms with Gasteiger partial charge in [-0.05, 0) is 25.0 Å². The average Bonchev–Trinajstić information content (AvgIpc) is 2.65. The lowest BCUT2D eigenvalue weighted by molar-refractivity contribution is 0.512. The summed E-state index contributed by atoms with van der Waals surface area (Å²) in [6, 6.07) is 0.544. The molecule has 0 saturated heterocycles. The third-order valence-electron chi connectivity index (χ3n) is 2.47. The van der Waals surface area contributed by atoms with Crippen molar-refractivity contribution in [2.24, 2.45) is 0 Å². The van der Waals surface area contributed by atoms with E-state index in [9.17, 15) is 0 Å². The Labute approximate surface area is 96.5 Å². The van der Waals surface area contributed by atoms with Gasteiger partial charge in [0.05, 0.1) is 0 Å². The highest BCUT2D eigenvalue weighted by atomic mass is 32.1. The molecule has 1 N–H and O–H groups in total. The molecule has 1 unspecified atom stereocenters. The van der Waals surface area contributed by atoms with Crippen molar-refractivity contribution in [1.29, 1.82) is 0 Å². The lowest BCUT2D eigenvalue weighted by Crippen LogP contribution is -2.27. The zero-order valence-corrected chi connectivity index (χ0v) is 10.9. The lowest BCUT2D eigenvalue weighted by Gasteiger charge is -2.12. The Morgan fingerprint density at radius 3 is 2.60 bits per heavy atom. The van der Waals surface area contributed by atoms with E-state index in [2.05, 4.69) is 35.4 Å². The smallest absolute Gasteiger partial charge is 0.145 e. The molecule has 0 aliphatic rings. The van der Waals surface area contributed by atoms with Gasteiger partial charge < -0.3 is 5.32 Å². The van der Waals surface area contributed by atoms with Crippen LogP contribution in [0.1, 0.15) is 50.4 Å². The van der Waals surface area contributed by atoms with Crippen molar-refractivity contribution in [3.63, 3.8) is 0 Å². The molecule has 15 heavy (non-hydrogen) atoms. The summed E-state index contributed by atoms with van der Waals surface area (Å²) in [4.78, 5) is 4.55. The summed E-state index contributed by atoms with van der Waals surface area (Å²) in [5.41, 5.74) is 0. The molecule has 4 heteroatoms. The number of aromatic nitrogens is 2. The monoisotopic (exact) mass is 227 g/mol. The van der Waals surface area contributed by atoms with Gasteiger partial charge in [0, 0.05) is 18.4 Å². The highest BCUT2D eigenvalue weighted by Crippen LogP contribution is 2.15. The first-order valence-electron chi connectivity index (χ1n) is 5.67. The van der Waals surface area contributed by atoms with Gasteiger partial charge in [-0.2, -0.15) is 4.37 Å². The van der Waals surface area contributed by atoms with Crippen LogP contribution in [-0.4, -0.2) is 22.4 Å². The molecule has 0 spiro atoms. The second kappa shape index (κ2) is 6.18. The van der Waals surface area contributed by atoms with Gasteiger partial charge in [-0.1, -0.05) is 27.2 Å². The van der Waals surface area contributed by atoms with Gasteiger partial charge in [0.2, 0.25) is 0 Å². The summed E-state index contributed by atoms with van der Waals surface area (Å²) in [6.45, 7) is 6.48. The Balaban J connectivity index is 2.55. The number of hydrogen-bond acceptors (Lipinski definition) is 4. The van der Waals surface area contributed by atoms with Gasteiger partial charge in [-0.15, -0.1) is 0 Å². The molecule has 0 radical (unpaired) electrons. The van der Waals surface area contributed by atoms with Crippen LogP contribution in [0.2, 0.25) is 0 Å². The van der Waals surface area contributed by atoms with E-state index in [4.69, 9.17) is 0 Å². The predicted molar refractivity (Wildman–Crippen MR) is 65.5 cm³/mol. The normalized spacial score (nSPS) is 13.4. The fourth-order valence-corrected chi connectivity index (χ4v) is 2.35. The van der Waals surface area contributed by atoms with Crippen molar-refractivity contribution >= 4 is 11.5 Å². The number of nitrogens with one attached hydrogen (secondary N) is 1. The Hall–Kier alpha value is -0.480. The highest BCUT2D eigenvalue weighted by Gasteiger charge is 2.12. The summed E-state index contributed by atoms with van der Waals surface area (Å²) < 4.78 is 4.37. The molecule has 0 saturated carbocycles. The zero-order valence-electron chi connectivity index (χ0n) is 10.1. The van der Waals surface area contributed by atoms with E-state index in [1.165, 1.54) is 12.8 Å². The molecule has 86 valence electrons. The molecule has 3 nitrogen and oxygen atoms in total. The maximum absolute atomic E-state index is 4.55. The summed E-state index contributed by atoms with van der Waals surface area (Å²) >= 11 is 1.55. The van der Waals surface area contributed by atoms with E-state index in [-0.39, 0.29) is 0 Å². The molecule has 1 aromatic rings. The van der Waals surface area contributed by atoms with Crippen LogP contribution in [0.25, 0.3) is 0 Å². The van der Waals surface area contributed by atoms with Crippen molar-refractivity contribution in [3.05, 3.63) is 10.8 Å². The first-order chi connectivity index (χ1) is 7.17. The van der Waals surface area contributed by atoms with Crippen molar-refractivity contribution < 1.29 is 0 Å². The highest BCUT2D eigenvalue weighted by molar-refractivity contribution is 7.05. The van der Waals surface area contributed by atoms with Crippen LogP contribution in [0.15, 0.2) is 0 Å². The minimum Gasteiger partial charge on any atom is -0.317 e. The molecule has 1 atom stereocenters. The van der Waals surface area contributed by atoms with Crippen LogP contribution in [0.4, 0.5) is 0 Å². The topological polar surface area (TPSA) is 37.8 Å². The van der Waals surface area contributed by atoms with E-state index < -0.39 is 0 Å². The first-order valence-corrected chi connectivity index (χ1v) is 6.44. The predicted octanol–water partition coefficient (Wildman–Crippen LogP) is 2.59. The van der Waals surface area contributed by atoms with Gasteiger partial charge in [0.25, 0.3) is 0 Å². The third-order valence-corrected chi connectivity index (χ3v) is 3.21. The fourth-order valence-electron chi connectivity index (χ4n) is 1.49. The molecule has 0 fully saturated rings. The van der Waals surface area contributed by atoms with Crippen molar-refractivity contribution in [2.75, 3.05) is 7.05 Å². The number of rotatable bonds is 6. The minimum atomic E-state index is 0.439. The molecule has 0 aliphatic carbocycles. The van der Waals surface area contributed by atoms with Gasteiger partial charge in [0.1, 0.15) is 10.8 Å². The summed E-state index contributed by atoms with van der Waals surface area (Å²) in [7, 11) is 2.02. The Kier molecular flexibility index (Phi) is 5.19. The summed E-state index contributed by atoms with van der Waals surface area (Å²) in [5.74, 6) is 1.43. The Morgan fingerprint density at radius 1 is 1.40 bits per heavy atom. The van der Waals surface area contributed by atoms with Gasteiger partial charge >= 0.3 is 0 Å². The summed E-state index contributed by atoms with van der Waals surface area (Å²) in [6.07, 6.45) is 3.42. The second-order valence-corrected chi connectivity index (χ2v) is 5.02. The molecule has 0 amide bonds. The first kappa shape index (κ1) is 12.6. The number of likely N-dealkylation sites (N-methyl/N-ethyl adjacent to an activating group) is 1. The molecular weight excluding hydrogens is 206 g/mol. The molecule has 0 bridgehead atoms. The van der Waals surface area contributed by atoms with Crippen LogP contribution in [0, 0.1) is 0 Å². The van der Waals surface area contributed by atoms with E-state index in [1.807, 2.05) is 7.05 Å². The van der Waals surface area contributed by atoms with E-state index >= 15 is 0 Å². The molecular formula is C11H21N3S. The van der Waals surface area contributed by atoms with Crippen LogP contribution in [-0.2, 0) is 6.42 Å². The second-order valence-electron chi connectivity index (χ2n) is 4.18. The number of nitrogens with zero attached hydrogens (tertiary/aromatic N) is 2. The van der Waals surface area contributed by atoms with Gasteiger partial charge in [-0.3, -0.25) is 0 Å². The van der Waals surface area contributed by atoms with Crippen molar-refractivity contribution in [1.82, 2.24) is 14.7 Å². The minimum absolute atomic E-state index is 0.439. The standard InChI is InChI=1S/C11H21N3S/c1-5-6-9(12-4)7-10-13-11(8(2)3)14-15-10/h8-9,12H,5-7H2,1-4H3. The van der Waals surface area contributed by atoms with Crippen LogP contribution in [0.3, 0.4) is 0 Å². The van der Waals surface area contributed by atoms with Crippen LogP contribution >= 0.6 is 11.5 Å². The van der Waals surface area contributed by atoms with E-state index in [0.29, 0.717) is 12.0 Å². The molecule has 1 heterocycles. The lowest BCUT2D eigenvalue weighted by atomic mass is 10.1. The van der Waals surface area contributed by atoms with Crippen molar-refractivity contribution in [3.8, 4) is 0 Å². The molecule has 1 aromatic heterocycles. The van der Waals surface area contributed by atoms with Gasteiger partial charge in [0.15, 0.2) is 0 Å².